The number of carbonyl (C=O) groups is 5. The molecule has 0 saturated carbocycles. The molecule has 1 aromatic carbocycles. The minimum Gasteiger partial charge on any atom is -0.535 e. The molecule has 0 radical (unpaired) electrons. The molecule has 1 saturated heterocycles. The van der Waals surface area contributed by atoms with E-state index in [-0.39, 0.29) is 49.6 Å². The number of nitrogens with one attached hydrogen (secondary N) is 2. The first-order valence-electron chi connectivity index (χ1n) is 12.4. The number of aromatic carboxylic acids is 1. The van der Waals surface area contributed by atoms with Crippen molar-refractivity contribution in [1.29, 1.82) is 0 Å². The second kappa shape index (κ2) is 12.0. The van der Waals surface area contributed by atoms with Crippen molar-refractivity contribution in [2.24, 2.45) is 5.73 Å². The molecule has 0 bridgehead atoms. The van der Waals surface area contributed by atoms with Crippen LogP contribution in [0.4, 0.5) is 4.79 Å². The number of piperazine rings is 1. The van der Waals surface area contributed by atoms with Crippen LogP contribution in [0, 0.1) is 0 Å². The lowest BCUT2D eigenvalue weighted by Gasteiger charge is -2.33. The SMILES string of the molecule is NCCN1CCN(C(=O)N[C@@H](C(=O)C[C@H]2Cc3cccc(C(=O)O)c3OB2O)c2[nH]cc(O)c(=O)c2Cl)C(=O)C1=O. The van der Waals surface area contributed by atoms with Crippen LogP contribution >= 0.6 is 11.6 Å². The van der Waals surface area contributed by atoms with E-state index < -0.39 is 71.2 Å². The number of carboxylic acids is 1. The first-order chi connectivity index (χ1) is 19.4. The summed E-state index contributed by atoms with van der Waals surface area (Å²) in [5, 5.41) is 31.4. The number of halogens is 1. The van der Waals surface area contributed by atoms with E-state index in [1.807, 2.05) is 0 Å². The van der Waals surface area contributed by atoms with Crippen LogP contribution in [0.25, 0.3) is 0 Å². The average Bonchev–Trinajstić information content (AvgIpc) is 2.93. The molecule has 0 unspecified atom stereocenters. The van der Waals surface area contributed by atoms with Gasteiger partial charge in [-0.3, -0.25) is 24.1 Å². The second-order valence-corrected chi connectivity index (χ2v) is 9.77. The smallest absolute Gasteiger partial charge is 0.526 e. The molecule has 4 amide bonds. The molecule has 15 nitrogen and oxygen atoms in total. The number of rotatable bonds is 8. The van der Waals surface area contributed by atoms with E-state index in [9.17, 15) is 44.0 Å². The van der Waals surface area contributed by atoms with Gasteiger partial charge in [0.2, 0.25) is 5.43 Å². The summed E-state index contributed by atoms with van der Waals surface area (Å²) in [7, 11) is -1.60. The molecular formula is C24H25BClN5O10. The first-order valence-corrected chi connectivity index (χ1v) is 12.8. The molecule has 2 atom stereocenters. The lowest BCUT2D eigenvalue weighted by atomic mass is 9.64. The molecule has 4 rings (SSSR count). The van der Waals surface area contributed by atoms with Crippen LogP contribution in [-0.4, -0.2) is 92.9 Å². The van der Waals surface area contributed by atoms with Crippen molar-refractivity contribution in [3.63, 3.8) is 0 Å². The first kappa shape index (κ1) is 29.6. The largest absolute Gasteiger partial charge is 0.535 e. The molecule has 2 aromatic rings. The maximum atomic E-state index is 13.6. The number of nitrogens with zero attached hydrogens (tertiary/aromatic N) is 2. The Bertz CT molecular complexity index is 1480. The van der Waals surface area contributed by atoms with Gasteiger partial charge in [-0.15, -0.1) is 0 Å². The van der Waals surface area contributed by atoms with Crippen molar-refractivity contribution in [2.45, 2.75) is 24.7 Å². The Morgan fingerprint density at radius 1 is 1.22 bits per heavy atom. The molecule has 1 fully saturated rings. The molecule has 216 valence electrons. The number of para-hydroxylation sites is 1. The molecule has 2 aliphatic rings. The minimum atomic E-state index is -1.69. The molecule has 0 aliphatic carbocycles. The summed E-state index contributed by atoms with van der Waals surface area (Å²) in [6, 6.07) is 1.54. The van der Waals surface area contributed by atoms with Gasteiger partial charge in [0.25, 0.3) is 0 Å². The predicted octanol–water partition coefficient (Wildman–Crippen LogP) is -0.743. The Labute approximate surface area is 237 Å². The molecule has 3 heterocycles. The van der Waals surface area contributed by atoms with E-state index in [2.05, 4.69) is 10.3 Å². The van der Waals surface area contributed by atoms with Crippen LogP contribution in [0.2, 0.25) is 10.8 Å². The number of amides is 4. The van der Waals surface area contributed by atoms with Gasteiger partial charge in [0.1, 0.15) is 16.8 Å². The number of hydrogen-bond donors (Lipinski definition) is 6. The third kappa shape index (κ3) is 5.89. The van der Waals surface area contributed by atoms with Gasteiger partial charge < -0.3 is 40.8 Å². The number of fused-ring (bicyclic) bond motifs is 1. The van der Waals surface area contributed by atoms with Gasteiger partial charge in [-0.05, 0) is 18.1 Å². The van der Waals surface area contributed by atoms with E-state index in [4.69, 9.17) is 22.0 Å². The number of nitrogens with two attached hydrogens (primary N) is 1. The highest BCUT2D eigenvalue weighted by molar-refractivity contribution is 6.47. The Kier molecular flexibility index (Phi) is 8.65. The number of ketones is 1. The average molecular weight is 590 g/mol. The lowest BCUT2D eigenvalue weighted by molar-refractivity contribution is -0.153. The van der Waals surface area contributed by atoms with E-state index in [1.54, 1.807) is 6.07 Å². The Morgan fingerprint density at radius 3 is 2.63 bits per heavy atom. The van der Waals surface area contributed by atoms with Crippen molar-refractivity contribution >= 4 is 48.3 Å². The fourth-order valence-corrected chi connectivity index (χ4v) is 4.94. The zero-order valence-electron chi connectivity index (χ0n) is 21.3. The van der Waals surface area contributed by atoms with Gasteiger partial charge in [-0.25, -0.2) is 9.59 Å². The van der Waals surface area contributed by atoms with Crippen LogP contribution in [0.15, 0.2) is 29.2 Å². The monoisotopic (exact) mass is 589 g/mol. The maximum absolute atomic E-state index is 13.6. The standard InChI is InChI=1S/C24H25BClN5O10/c26-16-18(28-10-15(33)19(16)34)17(29-24(39)31-7-6-30(5-4-27)21(35)22(31)36)14(32)9-12-8-11-2-1-3-13(23(37)38)20(11)41-25(12)40/h1-3,10,12,17,33,40H,4-9,27H2,(H,28,34)(H,29,39)(H,37,38)/t12-,17+/m1/s1. The molecule has 1 aromatic heterocycles. The van der Waals surface area contributed by atoms with E-state index in [0.29, 0.717) is 10.5 Å². The number of pyridine rings is 1. The number of Topliss-reactive ketones (excluding diaryl/α,β-unsaturated/α-hetero) is 1. The number of aromatic amines is 1. The van der Waals surface area contributed by atoms with Crippen molar-refractivity contribution in [2.75, 3.05) is 26.2 Å². The minimum absolute atomic E-state index is 0.00789. The van der Waals surface area contributed by atoms with Crippen LogP contribution in [0.5, 0.6) is 11.5 Å². The maximum Gasteiger partial charge on any atom is 0.526 e. The quantitative estimate of drug-likeness (QED) is 0.166. The van der Waals surface area contributed by atoms with E-state index in [1.165, 1.54) is 17.0 Å². The van der Waals surface area contributed by atoms with Gasteiger partial charge in [-0.2, -0.15) is 0 Å². The van der Waals surface area contributed by atoms with Gasteiger partial charge in [0.05, 0.1) is 11.3 Å². The zero-order valence-corrected chi connectivity index (χ0v) is 22.1. The van der Waals surface area contributed by atoms with Crippen LogP contribution in [-0.2, 0) is 20.8 Å². The Balaban J connectivity index is 1.60. The summed E-state index contributed by atoms with van der Waals surface area (Å²) in [6.45, 7) is 0.0185. The van der Waals surface area contributed by atoms with E-state index in [0.717, 1.165) is 6.20 Å². The highest BCUT2D eigenvalue weighted by Crippen LogP contribution is 2.37. The molecule has 0 spiro atoms. The summed E-state index contributed by atoms with van der Waals surface area (Å²) in [5.41, 5.74) is 4.35. The molecular weight excluding hydrogens is 565 g/mol. The topological polar surface area (TPSA) is 233 Å². The highest BCUT2D eigenvalue weighted by Gasteiger charge is 2.41. The van der Waals surface area contributed by atoms with Crippen molar-refractivity contribution in [3.05, 3.63) is 56.5 Å². The Morgan fingerprint density at radius 2 is 1.95 bits per heavy atom. The summed E-state index contributed by atoms with van der Waals surface area (Å²) in [6.07, 6.45) is 0.428. The van der Waals surface area contributed by atoms with Crippen LogP contribution in [0.1, 0.15) is 34.1 Å². The fraction of sp³-hybridized carbons (Fsp3) is 0.333. The normalized spacial score (nSPS) is 17.5. The summed E-state index contributed by atoms with van der Waals surface area (Å²) >= 11 is 6.11. The van der Waals surface area contributed by atoms with Gasteiger partial charge in [0, 0.05) is 44.6 Å². The van der Waals surface area contributed by atoms with Gasteiger partial charge in [0.15, 0.2) is 11.5 Å². The number of carbonyl (C=O) groups excluding carboxylic acids is 4. The number of aromatic nitrogens is 1. The fourth-order valence-electron chi connectivity index (χ4n) is 4.68. The highest BCUT2D eigenvalue weighted by atomic mass is 35.5. The summed E-state index contributed by atoms with van der Waals surface area (Å²) in [4.78, 5) is 79.8. The molecule has 2 aliphatic heterocycles. The van der Waals surface area contributed by atoms with Crippen LogP contribution in [0.3, 0.4) is 0 Å². The van der Waals surface area contributed by atoms with Crippen LogP contribution < -0.4 is 21.1 Å². The molecule has 7 N–H and O–H groups in total. The second-order valence-electron chi connectivity index (χ2n) is 9.39. The Hall–Kier alpha value is -4.41. The summed E-state index contributed by atoms with van der Waals surface area (Å²) in [5.74, 6) is -5.87. The van der Waals surface area contributed by atoms with Gasteiger partial charge in [-0.1, -0.05) is 23.7 Å². The molecule has 41 heavy (non-hydrogen) atoms. The third-order valence-electron chi connectivity index (χ3n) is 6.78. The number of aromatic hydroxyl groups is 1. The van der Waals surface area contributed by atoms with Crippen molar-refractivity contribution < 1.29 is 43.9 Å². The number of carboxylic acid groups (broad SMARTS) is 1. The zero-order chi connectivity index (χ0) is 30.0. The number of benzene rings is 1. The number of imide groups is 1. The van der Waals surface area contributed by atoms with E-state index >= 15 is 0 Å². The summed E-state index contributed by atoms with van der Waals surface area (Å²) < 4.78 is 5.43. The van der Waals surface area contributed by atoms with Gasteiger partial charge >= 0.3 is 30.9 Å². The third-order valence-corrected chi connectivity index (χ3v) is 7.15. The van der Waals surface area contributed by atoms with Crippen molar-refractivity contribution in [1.82, 2.24) is 20.1 Å². The van der Waals surface area contributed by atoms with Crippen molar-refractivity contribution in [3.8, 4) is 11.5 Å². The number of H-pyrrole nitrogens is 1. The predicted molar refractivity (Wildman–Crippen MR) is 141 cm³/mol. The number of hydrogen-bond acceptors (Lipinski definition) is 10. The lowest BCUT2D eigenvalue weighted by Crippen LogP contribution is -2.59. The number of urea groups is 1. The molecule has 17 heteroatoms.